The Morgan fingerprint density at radius 3 is 2.45 bits per heavy atom. The molecule has 2 unspecified atom stereocenters. The van der Waals surface area contributed by atoms with E-state index in [0.717, 1.165) is 6.42 Å². The predicted molar refractivity (Wildman–Crippen MR) is 80.4 cm³/mol. The van der Waals surface area contributed by atoms with Crippen LogP contribution < -0.4 is 4.74 Å². The van der Waals surface area contributed by atoms with Crippen LogP contribution in [0.25, 0.3) is 0 Å². The number of hydrogen-bond acceptors (Lipinski definition) is 4. The van der Waals surface area contributed by atoms with E-state index in [1.807, 2.05) is 0 Å². The number of sulfone groups is 1. The van der Waals surface area contributed by atoms with Crippen LogP contribution in [0.2, 0.25) is 0 Å². The van der Waals surface area contributed by atoms with Gasteiger partial charge in [-0.15, -0.1) is 0 Å². The van der Waals surface area contributed by atoms with Gasteiger partial charge in [0, 0.05) is 5.92 Å². The van der Waals surface area contributed by atoms with Crippen molar-refractivity contribution in [2.75, 3.05) is 7.11 Å². The SMILES string of the molecule is COc1ccc(F)c(C(=O)C2CC3CCCC(C2)S3(=O)=O)c1. The van der Waals surface area contributed by atoms with Crippen molar-refractivity contribution in [2.24, 2.45) is 5.92 Å². The molecule has 0 aliphatic carbocycles. The summed E-state index contributed by atoms with van der Waals surface area (Å²) < 4.78 is 43.5. The molecule has 0 spiro atoms. The average molecular weight is 326 g/mol. The van der Waals surface area contributed by atoms with Crippen LogP contribution in [-0.2, 0) is 9.84 Å². The smallest absolute Gasteiger partial charge is 0.169 e. The standard InChI is InChI=1S/C16H19FO4S/c1-21-11-5-6-15(17)14(9-11)16(18)10-7-12-3-2-4-13(8-10)22(12,19)20/h5-6,9-10,12-13H,2-4,7-8H2,1H3. The van der Waals surface area contributed by atoms with Gasteiger partial charge in [0.05, 0.1) is 23.2 Å². The summed E-state index contributed by atoms with van der Waals surface area (Å²) in [5, 5.41) is -0.884. The predicted octanol–water partition coefficient (Wildman–Crippen LogP) is 2.76. The van der Waals surface area contributed by atoms with Gasteiger partial charge in [-0.25, -0.2) is 12.8 Å². The van der Waals surface area contributed by atoms with E-state index >= 15 is 0 Å². The van der Waals surface area contributed by atoms with Crippen molar-refractivity contribution in [3.05, 3.63) is 29.6 Å². The summed E-state index contributed by atoms with van der Waals surface area (Å²) in [7, 11) is -1.65. The van der Waals surface area contributed by atoms with Crippen molar-refractivity contribution < 1.29 is 22.3 Å². The van der Waals surface area contributed by atoms with Gasteiger partial charge in [0.25, 0.3) is 0 Å². The molecule has 22 heavy (non-hydrogen) atoms. The zero-order chi connectivity index (χ0) is 15.9. The molecule has 2 atom stereocenters. The number of Topliss-reactive ketones (excluding diaryl/α,β-unsaturated/α-hetero) is 1. The zero-order valence-electron chi connectivity index (χ0n) is 12.4. The van der Waals surface area contributed by atoms with Gasteiger partial charge in [0.15, 0.2) is 15.6 Å². The highest BCUT2D eigenvalue weighted by Gasteiger charge is 2.46. The van der Waals surface area contributed by atoms with Crippen LogP contribution >= 0.6 is 0 Å². The Labute approximate surface area is 129 Å². The second kappa shape index (κ2) is 5.65. The number of hydrogen-bond donors (Lipinski definition) is 0. The van der Waals surface area contributed by atoms with Crippen LogP contribution in [0.1, 0.15) is 42.5 Å². The minimum Gasteiger partial charge on any atom is -0.497 e. The number of ketones is 1. The van der Waals surface area contributed by atoms with Crippen LogP contribution in [-0.4, -0.2) is 31.8 Å². The molecule has 3 rings (SSSR count). The van der Waals surface area contributed by atoms with Crippen molar-refractivity contribution in [3.63, 3.8) is 0 Å². The fourth-order valence-corrected chi connectivity index (χ4v) is 6.20. The van der Waals surface area contributed by atoms with Gasteiger partial charge in [0.2, 0.25) is 0 Å². The molecular weight excluding hydrogens is 307 g/mol. The lowest BCUT2D eigenvalue weighted by atomic mass is 9.84. The van der Waals surface area contributed by atoms with Crippen molar-refractivity contribution in [2.45, 2.75) is 42.6 Å². The Balaban J connectivity index is 1.88. The monoisotopic (exact) mass is 326 g/mol. The van der Waals surface area contributed by atoms with E-state index in [4.69, 9.17) is 4.74 Å². The molecule has 0 amide bonds. The highest BCUT2D eigenvalue weighted by Crippen LogP contribution is 2.40. The molecular formula is C16H19FO4S. The van der Waals surface area contributed by atoms with Crippen LogP contribution in [0.15, 0.2) is 18.2 Å². The molecule has 2 saturated heterocycles. The Bertz CT molecular complexity index is 678. The van der Waals surface area contributed by atoms with E-state index < -0.39 is 32.1 Å². The molecule has 6 heteroatoms. The normalized spacial score (nSPS) is 29.8. The van der Waals surface area contributed by atoms with Crippen molar-refractivity contribution >= 4 is 15.6 Å². The van der Waals surface area contributed by atoms with Crippen molar-refractivity contribution in [1.29, 1.82) is 0 Å². The summed E-state index contributed by atoms with van der Waals surface area (Å²) in [4.78, 5) is 12.6. The van der Waals surface area contributed by atoms with E-state index in [-0.39, 0.29) is 11.3 Å². The van der Waals surface area contributed by atoms with Gasteiger partial charge in [-0.1, -0.05) is 6.42 Å². The molecule has 0 N–H and O–H groups in total. The molecule has 4 nitrogen and oxygen atoms in total. The second-order valence-corrected chi connectivity index (χ2v) is 8.65. The largest absolute Gasteiger partial charge is 0.497 e. The second-order valence-electron chi connectivity index (χ2n) is 6.14. The lowest BCUT2D eigenvalue weighted by Crippen LogP contribution is -2.45. The minimum absolute atomic E-state index is 0.00159. The third kappa shape index (κ3) is 2.53. The highest BCUT2D eigenvalue weighted by molar-refractivity contribution is 7.92. The summed E-state index contributed by atoms with van der Waals surface area (Å²) in [5.74, 6) is -0.874. The number of carbonyl (C=O) groups excluding carboxylic acids is 1. The van der Waals surface area contributed by atoms with E-state index in [9.17, 15) is 17.6 Å². The van der Waals surface area contributed by atoms with E-state index in [0.29, 0.717) is 31.4 Å². The highest BCUT2D eigenvalue weighted by atomic mass is 32.2. The number of halogens is 1. The first-order valence-corrected chi connectivity index (χ1v) is 9.15. The summed E-state index contributed by atoms with van der Waals surface area (Å²) in [6.07, 6.45) is 2.75. The summed E-state index contributed by atoms with van der Waals surface area (Å²) in [5.41, 5.74) is 0.00159. The molecule has 0 aromatic heterocycles. The average Bonchev–Trinajstić information content (AvgIpc) is 2.46. The van der Waals surface area contributed by atoms with Gasteiger partial charge >= 0.3 is 0 Å². The summed E-state index contributed by atoms with van der Waals surface area (Å²) in [6.45, 7) is 0. The first kappa shape index (κ1) is 15.5. The fourth-order valence-electron chi connectivity index (χ4n) is 3.66. The molecule has 120 valence electrons. The van der Waals surface area contributed by atoms with E-state index in [2.05, 4.69) is 0 Å². The number of fused-ring (bicyclic) bond motifs is 2. The molecule has 1 aromatic carbocycles. The Kier molecular flexibility index (Phi) is 3.97. The molecule has 1 aromatic rings. The summed E-state index contributed by atoms with van der Waals surface area (Å²) >= 11 is 0. The van der Waals surface area contributed by atoms with Gasteiger partial charge in [-0.3, -0.25) is 4.79 Å². The number of benzene rings is 1. The number of ether oxygens (including phenoxy) is 1. The minimum atomic E-state index is -3.11. The van der Waals surface area contributed by atoms with Crippen molar-refractivity contribution in [1.82, 2.24) is 0 Å². The number of carbonyl (C=O) groups is 1. The number of rotatable bonds is 3. The first-order chi connectivity index (χ1) is 10.4. The maximum Gasteiger partial charge on any atom is 0.169 e. The molecule has 2 heterocycles. The molecule has 2 bridgehead atoms. The van der Waals surface area contributed by atoms with Crippen LogP contribution in [0.5, 0.6) is 5.75 Å². The van der Waals surface area contributed by atoms with Crippen molar-refractivity contribution in [3.8, 4) is 5.75 Å². The van der Waals surface area contributed by atoms with Crippen LogP contribution in [0, 0.1) is 11.7 Å². The lowest BCUT2D eigenvalue weighted by Gasteiger charge is -2.38. The first-order valence-electron chi connectivity index (χ1n) is 7.54. The number of methoxy groups -OCH3 is 1. The molecule has 2 fully saturated rings. The summed E-state index contributed by atoms with van der Waals surface area (Å²) in [6, 6.07) is 4.08. The van der Waals surface area contributed by atoms with Crippen LogP contribution in [0.4, 0.5) is 4.39 Å². The maximum absolute atomic E-state index is 14.0. The lowest BCUT2D eigenvalue weighted by molar-refractivity contribution is 0.0889. The topological polar surface area (TPSA) is 60.4 Å². The Morgan fingerprint density at radius 1 is 1.23 bits per heavy atom. The molecule has 2 aliphatic heterocycles. The molecule has 0 saturated carbocycles. The van der Waals surface area contributed by atoms with Gasteiger partial charge in [-0.05, 0) is 43.9 Å². The third-order valence-electron chi connectivity index (χ3n) is 4.89. The molecule has 0 radical (unpaired) electrons. The maximum atomic E-state index is 14.0. The Morgan fingerprint density at radius 2 is 1.86 bits per heavy atom. The van der Waals surface area contributed by atoms with Crippen LogP contribution in [0.3, 0.4) is 0 Å². The van der Waals surface area contributed by atoms with Gasteiger partial charge < -0.3 is 4.74 Å². The third-order valence-corrected chi connectivity index (χ3v) is 7.60. The molecule has 2 aliphatic rings. The van der Waals surface area contributed by atoms with Gasteiger partial charge in [0.1, 0.15) is 11.6 Å². The van der Waals surface area contributed by atoms with E-state index in [1.54, 1.807) is 0 Å². The zero-order valence-corrected chi connectivity index (χ0v) is 13.2. The van der Waals surface area contributed by atoms with E-state index in [1.165, 1.54) is 25.3 Å². The quantitative estimate of drug-likeness (QED) is 0.801. The fraction of sp³-hybridized carbons (Fsp3) is 0.562. The van der Waals surface area contributed by atoms with Gasteiger partial charge in [-0.2, -0.15) is 0 Å². The Hall–Kier alpha value is -1.43.